The Hall–Kier alpha value is -2.44. The summed E-state index contributed by atoms with van der Waals surface area (Å²) < 4.78 is 0. The summed E-state index contributed by atoms with van der Waals surface area (Å²) in [6.45, 7) is -0.108. The van der Waals surface area contributed by atoms with Crippen molar-refractivity contribution < 1.29 is 14.5 Å². The van der Waals surface area contributed by atoms with E-state index >= 15 is 0 Å². The van der Waals surface area contributed by atoms with Gasteiger partial charge in [-0.05, 0) is 62.3 Å². The Kier molecular flexibility index (Phi) is 4.17. The normalized spacial score (nSPS) is 31.5. The molecule has 1 aromatic rings. The van der Waals surface area contributed by atoms with E-state index in [4.69, 9.17) is 0 Å². The predicted octanol–water partition coefficient (Wildman–Crippen LogP) is 2.87. The molecule has 0 atom stereocenters. The molecule has 26 heavy (non-hydrogen) atoms. The number of rotatable bonds is 5. The minimum Gasteiger partial charge on any atom is -0.347 e. The van der Waals surface area contributed by atoms with Crippen molar-refractivity contribution in [3.63, 3.8) is 0 Å². The molecular weight excluding hydrogens is 334 g/mol. The molecule has 4 bridgehead atoms. The summed E-state index contributed by atoms with van der Waals surface area (Å²) in [7, 11) is 0. The van der Waals surface area contributed by atoms with Crippen LogP contribution in [-0.4, -0.2) is 23.3 Å². The standard InChI is InChI=1S/C19H23N3O4/c23-17(21-15-2-1-3-16(7-15)22(25)26)11-20-18(24)19-8-12-4-13(9-19)6-14(5-12)10-19/h1-3,7,12-14H,4-6,8-11H2,(H,20,24)(H,21,23). The van der Waals surface area contributed by atoms with E-state index in [2.05, 4.69) is 10.6 Å². The van der Waals surface area contributed by atoms with Crippen LogP contribution in [0.15, 0.2) is 24.3 Å². The molecule has 138 valence electrons. The highest BCUT2D eigenvalue weighted by Gasteiger charge is 2.54. The van der Waals surface area contributed by atoms with Gasteiger partial charge in [-0.3, -0.25) is 19.7 Å². The van der Waals surface area contributed by atoms with Crippen LogP contribution in [0.2, 0.25) is 0 Å². The van der Waals surface area contributed by atoms with Crippen molar-refractivity contribution >= 4 is 23.2 Å². The number of hydrogen-bond donors (Lipinski definition) is 2. The number of amides is 2. The number of carbonyl (C=O) groups is 2. The van der Waals surface area contributed by atoms with Crippen LogP contribution in [0.5, 0.6) is 0 Å². The fourth-order valence-electron chi connectivity index (χ4n) is 5.64. The zero-order valence-corrected chi connectivity index (χ0v) is 14.6. The Morgan fingerprint density at radius 3 is 2.31 bits per heavy atom. The Labute approximate surface area is 151 Å². The maximum atomic E-state index is 12.8. The Bertz CT molecular complexity index is 726. The Morgan fingerprint density at radius 2 is 1.73 bits per heavy atom. The number of anilines is 1. The number of hydrogen-bond acceptors (Lipinski definition) is 4. The second-order valence-corrected chi connectivity index (χ2v) is 8.24. The van der Waals surface area contributed by atoms with Crippen molar-refractivity contribution in [2.24, 2.45) is 23.2 Å². The number of benzene rings is 1. The summed E-state index contributed by atoms with van der Waals surface area (Å²) >= 11 is 0. The summed E-state index contributed by atoms with van der Waals surface area (Å²) in [5.74, 6) is 1.65. The molecule has 4 saturated carbocycles. The molecule has 0 unspecified atom stereocenters. The van der Waals surface area contributed by atoms with Crippen LogP contribution in [0.1, 0.15) is 38.5 Å². The SMILES string of the molecule is O=C(CNC(=O)C12CC3CC(CC(C3)C1)C2)Nc1cccc([N+](=O)[O-])c1. The van der Waals surface area contributed by atoms with E-state index in [9.17, 15) is 19.7 Å². The van der Waals surface area contributed by atoms with Crippen LogP contribution in [0, 0.1) is 33.3 Å². The fraction of sp³-hybridized carbons (Fsp3) is 0.579. The van der Waals surface area contributed by atoms with Gasteiger partial charge in [0.15, 0.2) is 0 Å². The zero-order chi connectivity index (χ0) is 18.3. The number of nitrogens with one attached hydrogen (secondary N) is 2. The highest BCUT2D eigenvalue weighted by Crippen LogP contribution is 2.60. The van der Waals surface area contributed by atoms with E-state index in [0.29, 0.717) is 23.4 Å². The van der Waals surface area contributed by atoms with Gasteiger partial charge in [-0.25, -0.2) is 0 Å². The van der Waals surface area contributed by atoms with Crippen LogP contribution in [0.4, 0.5) is 11.4 Å². The molecule has 0 aromatic heterocycles. The lowest BCUT2D eigenvalue weighted by molar-refractivity contribution is -0.384. The van der Waals surface area contributed by atoms with E-state index in [1.165, 1.54) is 37.5 Å². The third-order valence-corrected chi connectivity index (χ3v) is 6.27. The first kappa shape index (κ1) is 17.0. The number of non-ortho nitro benzene ring substituents is 1. The van der Waals surface area contributed by atoms with E-state index < -0.39 is 4.92 Å². The summed E-state index contributed by atoms with van der Waals surface area (Å²) in [6.07, 6.45) is 6.66. The number of carbonyl (C=O) groups excluding carboxylic acids is 2. The minimum absolute atomic E-state index is 0.00536. The van der Waals surface area contributed by atoms with E-state index in [0.717, 1.165) is 19.3 Å². The Balaban J connectivity index is 1.34. The first-order valence-electron chi connectivity index (χ1n) is 9.26. The first-order valence-corrected chi connectivity index (χ1v) is 9.26. The largest absolute Gasteiger partial charge is 0.347 e. The molecule has 0 saturated heterocycles. The molecule has 0 aliphatic heterocycles. The maximum absolute atomic E-state index is 12.8. The summed E-state index contributed by atoms with van der Waals surface area (Å²) in [5, 5.41) is 16.2. The molecule has 0 heterocycles. The molecular formula is C19H23N3O4. The van der Waals surface area contributed by atoms with E-state index in [-0.39, 0.29) is 29.5 Å². The maximum Gasteiger partial charge on any atom is 0.271 e. The third kappa shape index (κ3) is 3.18. The minimum atomic E-state index is -0.509. The topological polar surface area (TPSA) is 101 Å². The van der Waals surface area contributed by atoms with E-state index in [1.54, 1.807) is 6.07 Å². The molecule has 4 aliphatic carbocycles. The summed E-state index contributed by atoms with van der Waals surface area (Å²) in [4.78, 5) is 35.2. The zero-order valence-electron chi connectivity index (χ0n) is 14.6. The van der Waals surface area contributed by atoms with Gasteiger partial charge in [0.1, 0.15) is 0 Å². The smallest absolute Gasteiger partial charge is 0.271 e. The summed E-state index contributed by atoms with van der Waals surface area (Å²) in [6, 6.07) is 5.77. The molecule has 1 aromatic carbocycles. The van der Waals surface area contributed by atoms with Gasteiger partial charge in [0.05, 0.1) is 11.5 Å². The molecule has 5 rings (SSSR count). The lowest BCUT2D eigenvalue weighted by Gasteiger charge is -2.55. The molecule has 4 fully saturated rings. The first-order chi connectivity index (χ1) is 12.4. The second kappa shape index (κ2) is 6.37. The average Bonchev–Trinajstić information content (AvgIpc) is 2.58. The molecule has 0 spiro atoms. The van der Waals surface area contributed by atoms with Crippen LogP contribution in [0.3, 0.4) is 0 Å². The lowest BCUT2D eigenvalue weighted by Crippen LogP contribution is -2.54. The third-order valence-electron chi connectivity index (χ3n) is 6.27. The van der Waals surface area contributed by atoms with E-state index in [1.807, 2.05) is 0 Å². The predicted molar refractivity (Wildman–Crippen MR) is 95.3 cm³/mol. The van der Waals surface area contributed by atoms with Gasteiger partial charge in [-0.15, -0.1) is 0 Å². The van der Waals surface area contributed by atoms with Crippen molar-refractivity contribution in [2.45, 2.75) is 38.5 Å². The van der Waals surface area contributed by atoms with Crippen LogP contribution >= 0.6 is 0 Å². The highest BCUT2D eigenvalue weighted by molar-refractivity contribution is 5.95. The number of nitro benzene ring substituents is 1. The molecule has 7 heteroatoms. The number of nitrogens with zero attached hydrogens (tertiary/aromatic N) is 1. The molecule has 0 radical (unpaired) electrons. The van der Waals surface area contributed by atoms with Gasteiger partial charge in [-0.1, -0.05) is 6.07 Å². The molecule has 2 amide bonds. The monoisotopic (exact) mass is 357 g/mol. The van der Waals surface area contributed by atoms with Crippen LogP contribution in [0.25, 0.3) is 0 Å². The van der Waals surface area contributed by atoms with Gasteiger partial charge < -0.3 is 10.6 Å². The van der Waals surface area contributed by atoms with Crippen molar-refractivity contribution in [1.29, 1.82) is 0 Å². The second-order valence-electron chi connectivity index (χ2n) is 8.24. The van der Waals surface area contributed by atoms with Crippen LogP contribution in [-0.2, 0) is 9.59 Å². The van der Waals surface area contributed by atoms with Crippen LogP contribution < -0.4 is 10.6 Å². The Morgan fingerprint density at radius 1 is 1.12 bits per heavy atom. The lowest BCUT2D eigenvalue weighted by atomic mass is 9.49. The van der Waals surface area contributed by atoms with Crippen molar-refractivity contribution in [1.82, 2.24) is 5.32 Å². The molecule has 2 N–H and O–H groups in total. The quantitative estimate of drug-likeness (QED) is 0.625. The van der Waals surface area contributed by atoms with Crippen molar-refractivity contribution in [3.8, 4) is 0 Å². The fourth-order valence-corrected chi connectivity index (χ4v) is 5.64. The van der Waals surface area contributed by atoms with Gasteiger partial charge in [0.25, 0.3) is 5.69 Å². The molecule has 7 nitrogen and oxygen atoms in total. The van der Waals surface area contributed by atoms with Crippen molar-refractivity contribution in [3.05, 3.63) is 34.4 Å². The highest BCUT2D eigenvalue weighted by atomic mass is 16.6. The summed E-state index contributed by atoms with van der Waals surface area (Å²) in [5.41, 5.74) is -0.00531. The average molecular weight is 357 g/mol. The van der Waals surface area contributed by atoms with Crippen molar-refractivity contribution in [2.75, 3.05) is 11.9 Å². The van der Waals surface area contributed by atoms with Gasteiger partial charge in [0, 0.05) is 23.2 Å². The van der Waals surface area contributed by atoms with Gasteiger partial charge in [0.2, 0.25) is 11.8 Å². The van der Waals surface area contributed by atoms with Gasteiger partial charge >= 0.3 is 0 Å². The number of nitro groups is 1. The van der Waals surface area contributed by atoms with Gasteiger partial charge in [-0.2, -0.15) is 0 Å². The molecule has 4 aliphatic rings.